The van der Waals surface area contributed by atoms with Crippen molar-refractivity contribution in [1.82, 2.24) is 10.2 Å². The van der Waals surface area contributed by atoms with E-state index in [0.717, 1.165) is 12.8 Å². The Morgan fingerprint density at radius 2 is 1.83 bits per heavy atom. The van der Waals surface area contributed by atoms with Gasteiger partial charge in [0.15, 0.2) is 6.61 Å². The third-order valence-corrected chi connectivity index (χ3v) is 3.95. The van der Waals surface area contributed by atoms with Crippen LogP contribution in [-0.4, -0.2) is 49.3 Å². The number of hydrogen-bond acceptors (Lipinski definition) is 3. The Balaban J connectivity index is 1.70. The maximum atomic E-state index is 12.1. The Hall–Kier alpha value is -2.25. The van der Waals surface area contributed by atoms with E-state index in [-0.39, 0.29) is 24.9 Å². The van der Waals surface area contributed by atoms with E-state index in [0.29, 0.717) is 0 Å². The standard InChI is InChI=1S/C16H19F3N2O3/c1-21(13-8-11-4-2-3-5-12(11)9-13)14(22)6-7-20-15(23)24-10-16(17,18)19/h2-5,13H,6-10H2,1H3,(H,20,23). The van der Waals surface area contributed by atoms with Crippen LogP contribution in [0.2, 0.25) is 0 Å². The average molecular weight is 344 g/mol. The lowest BCUT2D eigenvalue weighted by Crippen LogP contribution is -2.39. The fourth-order valence-corrected chi connectivity index (χ4v) is 2.66. The fraction of sp³-hybridized carbons (Fsp3) is 0.500. The van der Waals surface area contributed by atoms with E-state index < -0.39 is 18.9 Å². The molecule has 0 unspecified atom stereocenters. The molecule has 0 spiro atoms. The van der Waals surface area contributed by atoms with Crippen molar-refractivity contribution in [2.45, 2.75) is 31.5 Å². The minimum Gasteiger partial charge on any atom is -0.440 e. The summed E-state index contributed by atoms with van der Waals surface area (Å²) < 4.78 is 39.7. The summed E-state index contributed by atoms with van der Waals surface area (Å²) >= 11 is 0. The van der Waals surface area contributed by atoms with Crippen LogP contribution >= 0.6 is 0 Å². The molecule has 5 nitrogen and oxygen atoms in total. The number of amides is 2. The predicted molar refractivity (Wildman–Crippen MR) is 80.4 cm³/mol. The van der Waals surface area contributed by atoms with Crippen molar-refractivity contribution in [2.75, 3.05) is 20.2 Å². The molecule has 2 rings (SSSR count). The number of likely N-dealkylation sites (N-methyl/N-ethyl adjacent to an activating group) is 1. The molecule has 0 aromatic heterocycles. The fourth-order valence-electron chi connectivity index (χ4n) is 2.66. The summed E-state index contributed by atoms with van der Waals surface area (Å²) in [7, 11) is 1.70. The van der Waals surface area contributed by atoms with Gasteiger partial charge >= 0.3 is 12.3 Å². The number of nitrogens with zero attached hydrogens (tertiary/aromatic N) is 1. The van der Waals surface area contributed by atoms with E-state index in [1.807, 2.05) is 24.3 Å². The third kappa shape index (κ3) is 5.14. The first kappa shape index (κ1) is 18.1. The third-order valence-electron chi connectivity index (χ3n) is 3.95. The molecule has 8 heteroatoms. The molecule has 1 N–H and O–H groups in total. The molecule has 0 fully saturated rings. The van der Waals surface area contributed by atoms with Crippen molar-refractivity contribution in [3.05, 3.63) is 35.4 Å². The summed E-state index contributed by atoms with van der Waals surface area (Å²) in [6, 6.07) is 8.04. The molecule has 0 saturated carbocycles. The molecular formula is C16H19F3N2O3. The van der Waals surface area contributed by atoms with Gasteiger partial charge in [-0.05, 0) is 24.0 Å². The molecule has 1 aromatic carbocycles. The number of halogens is 3. The van der Waals surface area contributed by atoms with Crippen LogP contribution in [0.4, 0.5) is 18.0 Å². The topological polar surface area (TPSA) is 58.6 Å². The first-order chi connectivity index (χ1) is 11.3. The van der Waals surface area contributed by atoms with E-state index >= 15 is 0 Å². The largest absolute Gasteiger partial charge is 0.440 e. The number of benzene rings is 1. The highest BCUT2D eigenvalue weighted by Gasteiger charge is 2.30. The Morgan fingerprint density at radius 3 is 2.38 bits per heavy atom. The maximum absolute atomic E-state index is 12.1. The summed E-state index contributed by atoms with van der Waals surface area (Å²) in [5, 5.41) is 2.14. The van der Waals surface area contributed by atoms with Gasteiger partial charge < -0.3 is 15.0 Å². The van der Waals surface area contributed by atoms with Crippen molar-refractivity contribution < 1.29 is 27.5 Å². The minimum absolute atomic E-state index is 0.00443. The molecule has 132 valence electrons. The van der Waals surface area contributed by atoms with Crippen LogP contribution in [0.1, 0.15) is 17.5 Å². The Labute approximate surface area is 137 Å². The highest BCUT2D eigenvalue weighted by Crippen LogP contribution is 2.24. The quantitative estimate of drug-likeness (QED) is 0.892. The first-order valence-corrected chi connectivity index (χ1v) is 7.56. The van der Waals surface area contributed by atoms with E-state index in [2.05, 4.69) is 10.1 Å². The lowest BCUT2D eigenvalue weighted by atomic mass is 10.1. The Morgan fingerprint density at radius 1 is 1.25 bits per heavy atom. The zero-order valence-corrected chi connectivity index (χ0v) is 13.2. The summed E-state index contributed by atoms with van der Waals surface area (Å²) in [5.74, 6) is -0.177. The van der Waals surface area contributed by atoms with Gasteiger partial charge in [0.1, 0.15) is 0 Å². The van der Waals surface area contributed by atoms with Gasteiger partial charge in [-0.25, -0.2) is 4.79 Å². The number of alkyl halides is 3. The number of fused-ring (bicyclic) bond motifs is 1. The van der Waals surface area contributed by atoms with Crippen LogP contribution in [-0.2, 0) is 22.4 Å². The SMILES string of the molecule is CN(C(=O)CCNC(=O)OCC(F)(F)F)C1Cc2ccccc2C1. The number of rotatable bonds is 5. The molecule has 0 aliphatic heterocycles. The van der Waals surface area contributed by atoms with E-state index in [1.54, 1.807) is 11.9 Å². The van der Waals surface area contributed by atoms with Crippen molar-refractivity contribution in [2.24, 2.45) is 0 Å². The maximum Gasteiger partial charge on any atom is 0.422 e. The monoisotopic (exact) mass is 344 g/mol. The van der Waals surface area contributed by atoms with E-state index in [1.165, 1.54) is 11.1 Å². The van der Waals surface area contributed by atoms with Crippen molar-refractivity contribution in [1.29, 1.82) is 0 Å². The van der Waals surface area contributed by atoms with Gasteiger partial charge in [0.2, 0.25) is 5.91 Å². The second-order valence-corrected chi connectivity index (χ2v) is 5.70. The van der Waals surface area contributed by atoms with Gasteiger partial charge in [0.25, 0.3) is 0 Å². The van der Waals surface area contributed by atoms with Crippen LogP contribution in [0, 0.1) is 0 Å². The molecule has 0 atom stereocenters. The zero-order chi connectivity index (χ0) is 17.7. The van der Waals surface area contributed by atoms with Gasteiger partial charge in [0.05, 0.1) is 0 Å². The number of carbonyl (C=O) groups excluding carboxylic acids is 2. The van der Waals surface area contributed by atoms with Gasteiger partial charge in [-0.15, -0.1) is 0 Å². The molecule has 2 amide bonds. The van der Waals surface area contributed by atoms with Crippen LogP contribution in [0.5, 0.6) is 0 Å². The Kier molecular flexibility index (Phi) is 5.69. The molecule has 0 bridgehead atoms. The summed E-state index contributed by atoms with van der Waals surface area (Å²) in [6.07, 6.45) is -4.19. The molecular weight excluding hydrogens is 325 g/mol. The highest BCUT2D eigenvalue weighted by molar-refractivity contribution is 5.77. The number of carbonyl (C=O) groups is 2. The summed E-state index contributed by atoms with van der Waals surface area (Å²) in [4.78, 5) is 24.8. The molecule has 24 heavy (non-hydrogen) atoms. The van der Waals surface area contributed by atoms with Gasteiger partial charge in [-0.3, -0.25) is 4.79 Å². The smallest absolute Gasteiger partial charge is 0.422 e. The lowest BCUT2D eigenvalue weighted by molar-refractivity contribution is -0.160. The van der Waals surface area contributed by atoms with Crippen LogP contribution in [0.3, 0.4) is 0 Å². The lowest BCUT2D eigenvalue weighted by Gasteiger charge is -2.24. The second kappa shape index (κ2) is 7.55. The highest BCUT2D eigenvalue weighted by atomic mass is 19.4. The van der Waals surface area contributed by atoms with Gasteiger partial charge in [-0.1, -0.05) is 24.3 Å². The summed E-state index contributed by atoms with van der Waals surface area (Å²) in [5.41, 5.74) is 2.44. The molecule has 0 radical (unpaired) electrons. The normalized spacial score (nSPS) is 14.2. The molecule has 1 aromatic rings. The minimum atomic E-state index is -4.56. The van der Waals surface area contributed by atoms with Crippen LogP contribution in [0.15, 0.2) is 24.3 Å². The van der Waals surface area contributed by atoms with Gasteiger partial charge in [0, 0.05) is 26.1 Å². The molecule has 0 heterocycles. The summed E-state index contributed by atoms with van der Waals surface area (Å²) in [6.45, 7) is -1.72. The van der Waals surface area contributed by atoms with E-state index in [4.69, 9.17) is 0 Å². The van der Waals surface area contributed by atoms with Crippen molar-refractivity contribution in [3.63, 3.8) is 0 Å². The number of ether oxygens (including phenoxy) is 1. The number of nitrogens with one attached hydrogen (secondary N) is 1. The van der Waals surface area contributed by atoms with Crippen molar-refractivity contribution in [3.8, 4) is 0 Å². The van der Waals surface area contributed by atoms with Gasteiger partial charge in [-0.2, -0.15) is 13.2 Å². The zero-order valence-electron chi connectivity index (χ0n) is 13.2. The van der Waals surface area contributed by atoms with Crippen molar-refractivity contribution >= 4 is 12.0 Å². The molecule has 0 saturated heterocycles. The molecule has 1 aliphatic carbocycles. The van der Waals surface area contributed by atoms with E-state index in [9.17, 15) is 22.8 Å². The first-order valence-electron chi connectivity index (χ1n) is 7.56. The number of hydrogen-bond donors (Lipinski definition) is 1. The van der Waals surface area contributed by atoms with Crippen LogP contribution in [0.25, 0.3) is 0 Å². The predicted octanol–water partition coefficient (Wildman–Crippen LogP) is 2.29. The Bertz CT molecular complexity index is 579. The second-order valence-electron chi connectivity index (χ2n) is 5.70. The van der Waals surface area contributed by atoms with Crippen LogP contribution < -0.4 is 5.32 Å². The molecule has 1 aliphatic rings. The number of alkyl carbamates (subject to hydrolysis) is 1. The average Bonchev–Trinajstić information content (AvgIpc) is 2.95.